The van der Waals surface area contributed by atoms with Crippen molar-refractivity contribution in [1.29, 1.82) is 0 Å². The summed E-state index contributed by atoms with van der Waals surface area (Å²) in [6, 6.07) is 11.0. The van der Waals surface area contributed by atoms with E-state index in [9.17, 15) is 9.59 Å². The van der Waals surface area contributed by atoms with Crippen molar-refractivity contribution in [3.05, 3.63) is 53.9 Å². The van der Waals surface area contributed by atoms with E-state index in [1.807, 2.05) is 23.1 Å². The summed E-state index contributed by atoms with van der Waals surface area (Å²) >= 11 is 0. The number of pyridine rings is 1. The van der Waals surface area contributed by atoms with E-state index in [0.717, 1.165) is 18.5 Å². The summed E-state index contributed by atoms with van der Waals surface area (Å²) in [5.74, 6) is 1.15. The third-order valence-electron chi connectivity index (χ3n) is 6.14. The number of likely N-dealkylation sites (tertiary alicyclic amines) is 2. The highest BCUT2D eigenvalue weighted by molar-refractivity contribution is 6.00. The van der Waals surface area contributed by atoms with Crippen molar-refractivity contribution in [2.75, 3.05) is 19.9 Å². The highest BCUT2D eigenvalue weighted by atomic mass is 16.7. The maximum Gasteiger partial charge on any atom is 0.254 e. The van der Waals surface area contributed by atoms with E-state index in [4.69, 9.17) is 9.47 Å². The first kappa shape index (κ1) is 18.0. The molecule has 0 radical (unpaired) electrons. The van der Waals surface area contributed by atoms with Gasteiger partial charge in [-0.25, -0.2) is 0 Å². The van der Waals surface area contributed by atoms with Gasteiger partial charge in [0.15, 0.2) is 11.5 Å². The zero-order valence-corrected chi connectivity index (χ0v) is 16.2. The topological polar surface area (TPSA) is 72.0 Å². The summed E-state index contributed by atoms with van der Waals surface area (Å²) in [5.41, 5.74) is 0.648. The van der Waals surface area contributed by atoms with Crippen molar-refractivity contribution in [2.24, 2.45) is 0 Å². The summed E-state index contributed by atoms with van der Waals surface area (Å²) in [6.07, 6.45) is 4.87. The zero-order chi connectivity index (χ0) is 19.8. The van der Waals surface area contributed by atoms with Gasteiger partial charge in [0.1, 0.15) is 5.54 Å². The fourth-order valence-electron chi connectivity index (χ4n) is 4.75. The minimum absolute atomic E-state index is 0.0426. The molecule has 0 aliphatic carbocycles. The standard InChI is InChI=1S/C22H23N3O4/c26-20(16-6-7-18-19(13-16)29-15-28-18)25-12-4-9-22(25)8-3-11-24(21(22)27)14-17-5-1-2-10-23-17/h1-2,5-7,10,13H,3-4,8-9,11-12,14-15H2. The Morgan fingerprint density at radius 3 is 2.72 bits per heavy atom. The van der Waals surface area contributed by atoms with E-state index in [-0.39, 0.29) is 18.6 Å². The van der Waals surface area contributed by atoms with Crippen LogP contribution in [0.5, 0.6) is 11.5 Å². The molecule has 2 amide bonds. The van der Waals surface area contributed by atoms with E-state index < -0.39 is 5.54 Å². The Balaban J connectivity index is 1.41. The number of hydrogen-bond donors (Lipinski definition) is 0. The molecule has 2 saturated heterocycles. The summed E-state index contributed by atoms with van der Waals surface area (Å²) in [4.78, 5) is 34.9. The minimum atomic E-state index is -0.750. The summed E-state index contributed by atoms with van der Waals surface area (Å²) in [7, 11) is 0. The van der Waals surface area contributed by atoms with Gasteiger partial charge in [0.2, 0.25) is 12.7 Å². The lowest BCUT2D eigenvalue weighted by molar-refractivity contribution is -0.146. The second-order valence-corrected chi connectivity index (χ2v) is 7.81. The number of nitrogens with zero attached hydrogens (tertiary/aromatic N) is 3. The fourth-order valence-corrected chi connectivity index (χ4v) is 4.75. The third kappa shape index (κ3) is 3.01. The number of hydrogen-bond acceptors (Lipinski definition) is 5. The molecule has 3 aliphatic rings. The number of aromatic nitrogens is 1. The minimum Gasteiger partial charge on any atom is -0.454 e. The van der Waals surface area contributed by atoms with Gasteiger partial charge in [-0.3, -0.25) is 14.6 Å². The SMILES string of the molecule is O=C(c1ccc2c(c1)OCO2)N1CCCC12CCCN(Cc1ccccn1)C2=O. The monoisotopic (exact) mass is 393 g/mol. The third-order valence-corrected chi connectivity index (χ3v) is 6.14. The molecular weight excluding hydrogens is 370 g/mol. The second kappa shape index (κ2) is 7.06. The van der Waals surface area contributed by atoms with Crippen LogP contribution in [0, 0.1) is 0 Å². The largest absolute Gasteiger partial charge is 0.454 e. The Morgan fingerprint density at radius 1 is 1.07 bits per heavy atom. The molecule has 0 bridgehead atoms. The Morgan fingerprint density at radius 2 is 1.90 bits per heavy atom. The van der Waals surface area contributed by atoms with Gasteiger partial charge in [-0.2, -0.15) is 0 Å². The zero-order valence-electron chi connectivity index (χ0n) is 16.2. The summed E-state index contributed by atoms with van der Waals surface area (Å²) in [5, 5.41) is 0. The number of piperidine rings is 1. The van der Waals surface area contributed by atoms with Crippen LogP contribution in [0.3, 0.4) is 0 Å². The summed E-state index contributed by atoms with van der Waals surface area (Å²) < 4.78 is 10.8. The number of carbonyl (C=O) groups excluding carboxylic acids is 2. The lowest BCUT2D eigenvalue weighted by atomic mass is 9.85. The Labute approximate surface area is 169 Å². The van der Waals surface area contributed by atoms with Crippen molar-refractivity contribution < 1.29 is 19.1 Å². The smallest absolute Gasteiger partial charge is 0.254 e. The molecule has 0 N–H and O–H groups in total. The molecule has 2 fully saturated rings. The normalized spacial score (nSPS) is 23.1. The molecule has 1 atom stereocenters. The van der Waals surface area contributed by atoms with Crippen molar-refractivity contribution in [2.45, 2.75) is 37.8 Å². The van der Waals surface area contributed by atoms with Gasteiger partial charge in [-0.05, 0) is 56.0 Å². The number of benzene rings is 1. The predicted molar refractivity (Wildman–Crippen MR) is 104 cm³/mol. The Bertz CT molecular complexity index is 948. The maximum atomic E-state index is 13.5. The van der Waals surface area contributed by atoms with Gasteiger partial charge < -0.3 is 19.3 Å². The van der Waals surface area contributed by atoms with Crippen LogP contribution in [0.2, 0.25) is 0 Å². The summed E-state index contributed by atoms with van der Waals surface area (Å²) in [6.45, 7) is 1.94. The Hall–Kier alpha value is -3.09. The van der Waals surface area contributed by atoms with Gasteiger partial charge in [0.05, 0.1) is 12.2 Å². The van der Waals surface area contributed by atoms with Gasteiger partial charge in [-0.15, -0.1) is 0 Å². The van der Waals surface area contributed by atoms with E-state index >= 15 is 0 Å². The maximum absolute atomic E-state index is 13.5. The van der Waals surface area contributed by atoms with E-state index in [1.54, 1.807) is 29.3 Å². The molecule has 1 aromatic heterocycles. The molecule has 2 aromatic rings. The molecule has 1 aromatic carbocycles. The number of carbonyl (C=O) groups is 2. The number of ether oxygens (including phenoxy) is 2. The molecule has 5 rings (SSSR count). The highest BCUT2D eigenvalue weighted by Crippen LogP contribution is 2.40. The van der Waals surface area contributed by atoms with E-state index in [2.05, 4.69) is 4.98 Å². The number of fused-ring (bicyclic) bond motifs is 1. The first-order valence-electron chi connectivity index (χ1n) is 10.1. The van der Waals surface area contributed by atoms with Gasteiger partial charge in [0.25, 0.3) is 5.91 Å². The first-order chi connectivity index (χ1) is 14.2. The molecule has 7 heteroatoms. The van der Waals surface area contributed by atoms with Crippen LogP contribution >= 0.6 is 0 Å². The van der Waals surface area contributed by atoms with Crippen LogP contribution in [0.25, 0.3) is 0 Å². The predicted octanol–water partition coefficient (Wildman–Crippen LogP) is 2.61. The average molecular weight is 393 g/mol. The van der Waals surface area contributed by atoms with Crippen LogP contribution in [0.1, 0.15) is 41.7 Å². The average Bonchev–Trinajstić information content (AvgIpc) is 3.39. The van der Waals surface area contributed by atoms with Crippen LogP contribution in [-0.2, 0) is 11.3 Å². The van der Waals surface area contributed by atoms with Crippen molar-refractivity contribution in [3.63, 3.8) is 0 Å². The molecule has 4 heterocycles. The molecule has 7 nitrogen and oxygen atoms in total. The Kier molecular flexibility index (Phi) is 4.38. The lowest BCUT2D eigenvalue weighted by Gasteiger charge is -2.44. The van der Waals surface area contributed by atoms with Gasteiger partial charge in [-0.1, -0.05) is 6.07 Å². The molecule has 0 saturated carbocycles. The molecule has 3 aliphatic heterocycles. The van der Waals surface area contributed by atoms with Gasteiger partial charge in [0, 0.05) is 24.8 Å². The van der Waals surface area contributed by atoms with Crippen LogP contribution in [0.4, 0.5) is 0 Å². The van der Waals surface area contributed by atoms with E-state index in [0.29, 0.717) is 49.5 Å². The van der Waals surface area contributed by atoms with Crippen LogP contribution in [-0.4, -0.2) is 52.0 Å². The fraction of sp³-hybridized carbons (Fsp3) is 0.409. The number of rotatable bonds is 3. The molecule has 29 heavy (non-hydrogen) atoms. The van der Waals surface area contributed by atoms with E-state index in [1.165, 1.54) is 0 Å². The lowest BCUT2D eigenvalue weighted by Crippen LogP contribution is -2.61. The van der Waals surface area contributed by atoms with Crippen LogP contribution < -0.4 is 9.47 Å². The highest BCUT2D eigenvalue weighted by Gasteiger charge is 2.52. The van der Waals surface area contributed by atoms with Crippen molar-refractivity contribution >= 4 is 11.8 Å². The molecular formula is C22H23N3O4. The van der Waals surface area contributed by atoms with Gasteiger partial charge >= 0.3 is 0 Å². The quantitative estimate of drug-likeness (QED) is 0.802. The van der Waals surface area contributed by atoms with Crippen molar-refractivity contribution in [1.82, 2.24) is 14.8 Å². The van der Waals surface area contributed by atoms with Crippen LogP contribution in [0.15, 0.2) is 42.6 Å². The molecule has 150 valence electrons. The molecule has 1 unspecified atom stereocenters. The number of amides is 2. The second-order valence-electron chi connectivity index (χ2n) is 7.81. The first-order valence-corrected chi connectivity index (χ1v) is 10.1. The molecule has 1 spiro atoms. The van der Waals surface area contributed by atoms with Crippen molar-refractivity contribution in [3.8, 4) is 11.5 Å².